The Hall–Kier alpha value is -0.170. The maximum absolute atomic E-state index is 13.7. The molecule has 1 aromatic rings. The van der Waals surface area contributed by atoms with Gasteiger partial charge in [0.2, 0.25) is 0 Å². The van der Waals surface area contributed by atoms with Crippen molar-refractivity contribution in [3.63, 3.8) is 0 Å². The monoisotopic (exact) mass is 343 g/mol. The van der Waals surface area contributed by atoms with Gasteiger partial charge in [-0.1, -0.05) is 11.6 Å². The summed E-state index contributed by atoms with van der Waals surface area (Å²) in [5.74, 6) is -0.579. The first kappa shape index (κ1) is 14.9. The lowest BCUT2D eigenvalue weighted by atomic mass is 10.0. The van der Waals surface area contributed by atoms with Crippen molar-refractivity contribution in [2.45, 2.75) is 18.2 Å². The van der Waals surface area contributed by atoms with Gasteiger partial charge in [-0.3, -0.25) is 0 Å². The van der Waals surface area contributed by atoms with Crippen LogP contribution in [0, 0.1) is 5.82 Å². The summed E-state index contributed by atoms with van der Waals surface area (Å²) in [7, 11) is -3.34. The van der Waals surface area contributed by atoms with Crippen molar-refractivity contribution in [2.24, 2.45) is 5.73 Å². The van der Waals surface area contributed by atoms with Gasteiger partial charge in [-0.15, -0.1) is 0 Å². The van der Waals surface area contributed by atoms with E-state index in [1.54, 1.807) is 0 Å². The molecule has 0 fully saturated rings. The minimum Gasteiger partial charge on any atom is -0.323 e. The van der Waals surface area contributed by atoms with E-state index in [1.165, 1.54) is 19.1 Å². The zero-order chi connectivity index (χ0) is 13.4. The van der Waals surface area contributed by atoms with Gasteiger partial charge in [0.15, 0.2) is 9.84 Å². The first-order chi connectivity index (χ1) is 7.64. The maximum Gasteiger partial charge on any atom is 0.151 e. The smallest absolute Gasteiger partial charge is 0.151 e. The Morgan fingerprint density at radius 2 is 2.00 bits per heavy atom. The van der Waals surface area contributed by atoms with Crippen LogP contribution in [0.2, 0.25) is 5.02 Å². The van der Waals surface area contributed by atoms with Crippen molar-refractivity contribution in [3.05, 3.63) is 33.0 Å². The first-order valence-electron chi connectivity index (χ1n) is 4.73. The third kappa shape index (κ3) is 3.40. The molecule has 0 spiro atoms. The molecular formula is C10H12BrClFNO2S. The highest BCUT2D eigenvalue weighted by Crippen LogP contribution is 2.30. The summed E-state index contributed by atoms with van der Waals surface area (Å²) in [6.45, 7) is 1.44. The molecule has 1 aromatic carbocycles. The van der Waals surface area contributed by atoms with Crippen LogP contribution in [-0.2, 0) is 9.84 Å². The zero-order valence-corrected chi connectivity index (χ0v) is 12.4. The molecule has 0 amide bonds. The fourth-order valence-electron chi connectivity index (χ4n) is 1.31. The Morgan fingerprint density at radius 1 is 1.47 bits per heavy atom. The number of hydrogen-bond acceptors (Lipinski definition) is 3. The molecule has 2 atom stereocenters. The summed E-state index contributed by atoms with van der Waals surface area (Å²) >= 11 is 8.91. The van der Waals surface area contributed by atoms with Gasteiger partial charge in [0.25, 0.3) is 0 Å². The third-order valence-electron chi connectivity index (χ3n) is 2.58. The molecule has 2 N–H and O–H groups in total. The van der Waals surface area contributed by atoms with E-state index in [1.807, 2.05) is 0 Å². The van der Waals surface area contributed by atoms with E-state index in [0.29, 0.717) is 4.47 Å². The van der Waals surface area contributed by atoms with E-state index >= 15 is 0 Å². The van der Waals surface area contributed by atoms with Crippen LogP contribution < -0.4 is 5.73 Å². The molecule has 1 rings (SSSR count). The summed E-state index contributed by atoms with van der Waals surface area (Å²) < 4.78 is 36.8. The van der Waals surface area contributed by atoms with Gasteiger partial charge in [-0.25, -0.2) is 12.8 Å². The fraction of sp³-hybridized carbons (Fsp3) is 0.400. The molecule has 17 heavy (non-hydrogen) atoms. The van der Waals surface area contributed by atoms with Crippen LogP contribution in [0.4, 0.5) is 4.39 Å². The lowest BCUT2D eigenvalue weighted by molar-refractivity contribution is 0.549. The van der Waals surface area contributed by atoms with Crippen LogP contribution in [-0.4, -0.2) is 19.9 Å². The van der Waals surface area contributed by atoms with Gasteiger partial charge in [0.1, 0.15) is 5.82 Å². The normalized spacial score (nSPS) is 15.6. The lowest BCUT2D eigenvalue weighted by Gasteiger charge is -2.19. The summed E-state index contributed by atoms with van der Waals surface area (Å²) in [5.41, 5.74) is 5.84. The highest BCUT2D eigenvalue weighted by molar-refractivity contribution is 9.10. The summed E-state index contributed by atoms with van der Waals surface area (Å²) in [4.78, 5) is 0. The molecule has 0 bridgehead atoms. The van der Waals surface area contributed by atoms with Gasteiger partial charge >= 0.3 is 0 Å². The van der Waals surface area contributed by atoms with Gasteiger partial charge in [-0.2, -0.15) is 0 Å². The topological polar surface area (TPSA) is 60.2 Å². The van der Waals surface area contributed by atoms with Gasteiger partial charge in [0.05, 0.1) is 10.3 Å². The fourth-order valence-corrected chi connectivity index (χ4v) is 2.48. The minimum absolute atomic E-state index is 0.0936. The van der Waals surface area contributed by atoms with Crippen LogP contribution in [0.3, 0.4) is 0 Å². The molecule has 0 radical (unpaired) electrons. The molecule has 2 unspecified atom stereocenters. The molecule has 0 saturated carbocycles. The van der Waals surface area contributed by atoms with Crippen molar-refractivity contribution < 1.29 is 12.8 Å². The van der Waals surface area contributed by atoms with Gasteiger partial charge in [-0.05, 0) is 35.0 Å². The number of halogens is 3. The molecule has 0 aliphatic carbocycles. The number of nitrogens with two attached hydrogens (primary N) is 1. The Kier molecular flexibility index (Phi) is 4.57. The zero-order valence-electron chi connectivity index (χ0n) is 9.25. The minimum atomic E-state index is -3.34. The number of benzene rings is 1. The van der Waals surface area contributed by atoms with Crippen molar-refractivity contribution >= 4 is 37.4 Å². The summed E-state index contributed by atoms with van der Waals surface area (Å²) in [5, 5.41) is -0.591. The van der Waals surface area contributed by atoms with E-state index in [2.05, 4.69) is 15.9 Å². The van der Waals surface area contributed by atoms with Crippen LogP contribution in [0.5, 0.6) is 0 Å². The predicted octanol–water partition coefficient (Wildman–Crippen LogP) is 2.67. The second kappa shape index (κ2) is 5.22. The molecular weight excluding hydrogens is 333 g/mol. The highest BCUT2D eigenvalue weighted by atomic mass is 79.9. The molecule has 7 heteroatoms. The molecule has 0 saturated heterocycles. The van der Waals surface area contributed by atoms with Gasteiger partial charge < -0.3 is 5.73 Å². The van der Waals surface area contributed by atoms with E-state index in [0.717, 1.165) is 6.26 Å². The predicted molar refractivity (Wildman–Crippen MR) is 70.3 cm³/mol. The van der Waals surface area contributed by atoms with Crippen molar-refractivity contribution in [3.8, 4) is 0 Å². The Bertz CT molecular complexity index is 535. The number of rotatable bonds is 3. The number of sulfone groups is 1. The highest BCUT2D eigenvalue weighted by Gasteiger charge is 2.26. The van der Waals surface area contributed by atoms with E-state index < -0.39 is 26.9 Å². The summed E-state index contributed by atoms with van der Waals surface area (Å²) in [6.07, 6.45) is 1.07. The second-order valence-electron chi connectivity index (χ2n) is 3.85. The van der Waals surface area contributed by atoms with Crippen molar-refractivity contribution in [2.75, 3.05) is 6.26 Å². The van der Waals surface area contributed by atoms with Crippen LogP contribution >= 0.6 is 27.5 Å². The molecule has 0 aliphatic heterocycles. The average molecular weight is 345 g/mol. The van der Waals surface area contributed by atoms with Crippen molar-refractivity contribution in [1.82, 2.24) is 0 Å². The molecule has 0 aliphatic rings. The molecule has 0 heterocycles. The van der Waals surface area contributed by atoms with Crippen molar-refractivity contribution in [1.29, 1.82) is 0 Å². The maximum atomic E-state index is 13.7. The standard InChI is InChI=1S/C10H12BrClFNO2S/c1-5(17(2,15)16)10(14)6-3-8(12)7(11)4-9(6)13/h3-5,10H,14H2,1-2H3. The molecule has 0 aromatic heterocycles. The molecule has 96 valence electrons. The van der Waals surface area contributed by atoms with E-state index in [4.69, 9.17) is 17.3 Å². The first-order valence-corrected chi connectivity index (χ1v) is 7.86. The largest absolute Gasteiger partial charge is 0.323 e. The molecule has 3 nitrogen and oxygen atoms in total. The second-order valence-corrected chi connectivity index (χ2v) is 7.51. The Balaban J connectivity index is 3.22. The van der Waals surface area contributed by atoms with E-state index in [9.17, 15) is 12.8 Å². The Morgan fingerprint density at radius 3 is 2.47 bits per heavy atom. The number of hydrogen-bond donors (Lipinski definition) is 1. The quantitative estimate of drug-likeness (QED) is 0.858. The average Bonchev–Trinajstić information content (AvgIpc) is 2.20. The van der Waals surface area contributed by atoms with Crippen LogP contribution in [0.15, 0.2) is 16.6 Å². The SMILES string of the molecule is CC(C(N)c1cc(Cl)c(Br)cc1F)S(C)(=O)=O. The third-order valence-corrected chi connectivity index (χ3v) is 5.42. The summed E-state index contributed by atoms with van der Waals surface area (Å²) in [6, 6.07) is 1.57. The van der Waals surface area contributed by atoms with Crippen LogP contribution in [0.1, 0.15) is 18.5 Å². The lowest BCUT2D eigenvalue weighted by Crippen LogP contribution is -2.31. The Labute approximate surface area is 113 Å². The van der Waals surface area contributed by atoms with E-state index in [-0.39, 0.29) is 10.6 Å². The van der Waals surface area contributed by atoms with Gasteiger partial charge in [0, 0.05) is 22.3 Å². The van der Waals surface area contributed by atoms with Crippen LogP contribution in [0.25, 0.3) is 0 Å².